The molecule has 176 valence electrons. The van der Waals surface area contributed by atoms with Crippen LogP contribution in [0.1, 0.15) is 46.0 Å². The number of carbonyl (C=O) groups is 5. The summed E-state index contributed by atoms with van der Waals surface area (Å²) in [4.78, 5) is 71.6. The molecule has 5 aliphatic rings. The van der Waals surface area contributed by atoms with Crippen molar-refractivity contribution < 1.29 is 24.0 Å². The lowest BCUT2D eigenvalue weighted by molar-refractivity contribution is -0.146. The second-order valence-corrected chi connectivity index (χ2v) is 10.3. The zero-order chi connectivity index (χ0) is 23.9. The molecular weight excluding hydrogens is 434 g/mol. The van der Waals surface area contributed by atoms with E-state index in [0.717, 1.165) is 23.3 Å². The molecule has 8 heteroatoms. The Morgan fingerprint density at radius 2 is 1.68 bits per heavy atom. The molecule has 0 unspecified atom stereocenters. The molecule has 4 atom stereocenters. The molecule has 2 saturated carbocycles. The number of imide groups is 3. The Morgan fingerprint density at radius 1 is 0.971 bits per heavy atom. The molecule has 0 aromatic heterocycles. The molecule has 6 rings (SSSR count). The number of carbonyl (C=O) groups excluding carboxylic acids is 5. The summed E-state index contributed by atoms with van der Waals surface area (Å²) < 4.78 is 0. The molecule has 34 heavy (non-hydrogen) atoms. The van der Waals surface area contributed by atoms with Crippen molar-refractivity contribution in [2.45, 2.75) is 51.5 Å². The van der Waals surface area contributed by atoms with E-state index < -0.39 is 41.1 Å². The number of benzene rings is 1. The van der Waals surface area contributed by atoms with Crippen molar-refractivity contribution >= 4 is 35.3 Å². The molecule has 2 saturated heterocycles. The van der Waals surface area contributed by atoms with Crippen molar-refractivity contribution in [3.63, 3.8) is 0 Å². The number of urea groups is 1. The average Bonchev–Trinajstić information content (AvgIpc) is 3.58. The highest BCUT2D eigenvalue weighted by Gasteiger charge is 2.70. The van der Waals surface area contributed by atoms with Crippen LogP contribution in [0.5, 0.6) is 0 Å². The van der Waals surface area contributed by atoms with Crippen molar-refractivity contribution in [1.82, 2.24) is 9.80 Å². The third kappa shape index (κ3) is 2.56. The fourth-order valence-corrected chi connectivity index (χ4v) is 6.68. The first-order valence-electron chi connectivity index (χ1n) is 12.2. The van der Waals surface area contributed by atoms with Crippen LogP contribution in [0.3, 0.4) is 0 Å². The molecule has 4 fully saturated rings. The summed E-state index contributed by atoms with van der Waals surface area (Å²) in [6, 6.07) is 8.22. The van der Waals surface area contributed by atoms with Gasteiger partial charge >= 0.3 is 6.03 Å². The number of rotatable bonds is 4. The van der Waals surface area contributed by atoms with Gasteiger partial charge in [-0.25, -0.2) is 9.69 Å². The number of nitrogens with zero attached hydrogens (tertiary/aromatic N) is 3. The second kappa shape index (κ2) is 7.10. The first kappa shape index (κ1) is 21.3. The van der Waals surface area contributed by atoms with E-state index in [-0.39, 0.29) is 17.7 Å². The fraction of sp³-hybridized carbons (Fsp3) is 0.500. The van der Waals surface area contributed by atoms with Crippen LogP contribution in [0.2, 0.25) is 0 Å². The van der Waals surface area contributed by atoms with E-state index in [4.69, 9.17) is 0 Å². The summed E-state index contributed by atoms with van der Waals surface area (Å²) in [7, 11) is 0. The van der Waals surface area contributed by atoms with E-state index in [0.29, 0.717) is 37.1 Å². The summed E-state index contributed by atoms with van der Waals surface area (Å²) in [5, 5.41) is 0. The van der Waals surface area contributed by atoms with E-state index in [1.54, 1.807) is 31.2 Å². The topological polar surface area (TPSA) is 95.1 Å². The van der Waals surface area contributed by atoms with Gasteiger partial charge in [-0.1, -0.05) is 30.7 Å². The number of amides is 6. The zero-order valence-corrected chi connectivity index (χ0v) is 19.3. The minimum atomic E-state index is -1.50. The van der Waals surface area contributed by atoms with Gasteiger partial charge in [0.15, 0.2) is 0 Å². The van der Waals surface area contributed by atoms with E-state index in [1.807, 2.05) is 13.0 Å². The van der Waals surface area contributed by atoms with E-state index in [1.165, 1.54) is 9.80 Å². The summed E-state index contributed by atoms with van der Waals surface area (Å²) in [5.41, 5.74) is 0.293. The molecule has 6 amide bonds. The third-order valence-electron chi connectivity index (χ3n) is 8.46. The zero-order valence-electron chi connectivity index (χ0n) is 19.3. The Bertz CT molecular complexity index is 1190. The van der Waals surface area contributed by atoms with Gasteiger partial charge in [-0.05, 0) is 57.1 Å². The quantitative estimate of drug-likeness (QED) is 0.508. The number of anilines is 1. The van der Waals surface area contributed by atoms with Crippen LogP contribution in [0.4, 0.5) is 10.5 Å². The summed E-state index contributed by atoms with van der Waals surface area (Å²) in [6.45, 7) is 3.78. The van der Waals surface area contributed by atoms with Gasteiger partial charge in [-0.3, -0.25) is 29.0 Å². The van der Waals surface area contributed by atoms with Gasteiger partial charge in [0.05, 0.1) is 17.5 Å². The van der Waals surface area contributed by atoms with Crippen molar-refractivity contribution in [3.8, 4) is 0 Å². The predicted octanol–water partition coefficient (Wildman–Crippen LogP) is 2.88. The number of para-hydroxylation sites is 1. The lowest BCUT2D eigenvalue weighted by Crippen LogP contribution is -2.63. The number of hydrogen-bond acceptors (Lipinski definition) is 5. The maximum atomic E-state index is 13.8. The summed E-state index contributed by atoms with van der Waals surface area (Å²) >= 11 is 0. The Morgan fingerprint density at radius 3 is 2.32 bits per heavy atom. The lowest BCUT2D eigenvalue weighted by atomic mass is 9.59. The molecule has 3 heterocycles. The highest BCUT2D eigenvalue weighted by atomic mass is 16.2. The van der Waals surface area contributed by atoms with Crippen molar-refractivity contribution in [3.05, 3.63) is 41.5 Å². The highest BCUT2D eigenvalue weighted by Crippen LogP contribution is 2.56. The molecule has 1 aromatic carbocycles. The van der Waals surface area contributed by atoms with Gasteiger partial charge in [-0.2, -0.15) is 0 Å². The number of fused-ring (bicyclic) bond motifs is 5. The van der Waals surface area contributed by atoms with Gasteiger partial charge in [0.2, 0.25) is 11.8 Å². The highest BCUT2D eigenvalue weighted by molar-refractivity contribution is 6.24. The van der Waals surface area contributed by atoms with Crippen molar-refractivity contribution in [2.24, 2.45) is 23.7 Å². The maximum Gasteiger partial charge on any atom is 0.334 e. The first-order valence-corrected chi connectivity index (χ1v) is 12.2. The third-order valence-corrected chi connectivity index (χ3v) is 8.46. The van der Waals surface area contributed by atoms with Crippen LogP contribution in [0, 0.1) is 23.7 Å². The summed E-state index contributed by atoms with van der Waals surface area (Å²) in [6.07, 6.45) is 3.24. The lowest BCUT2D eigenvalue weighted by Gasteiger charge is -2.48. The van der Waals surface area contributed by atoms with E-state index in [2.05, 4.69) is 0 Å². The van der Waals surface area contributed by atoms with Crippen LogP contribution in [-0.4, -0.2) is 51.5 Å². The molecule has 0 bridgehead atoms. The van der Waals surface area contributed by atoms with Crippen LogP contribution < -0.4 is 4.90 Å². The minimum Gasteiger partial charge on any atom is -0.274 e. The monoisotopic (exact) mass is 461 g/mol. The van der Waals surface area contributed by atoms with Gasteiger partial charge < -0.3 is 0 Å². The smallest absolute Gasteiger partial charge is 0.274 e. The van der Waals surface area contributed by atoms with Gasteiger partial charge in [0, 0.05) is 18.0 Å². The van der Waals surface area contributed by atoms with Gasteiger partial charge in [0.1, 0.15) is 5.54 Å². The Kier molecular flexibility index (Phi) is 4.44. The van der Waals surface area contributed by atoms with Crippen LogP contribution in [-0.2, 0) is 19.2 Å². The molecule has 0 N–H and O–H groups in total. The Hall–Kier alpha value is -3.29. The summed E-state index contributed by atoms with van der Waals surface area (Å²) in [5.74, 6) is -3.24. The second-order valence-electron chi connectivity index (χ2n) is 10.3. The molecular formula is C26H27N3O5. The largest absolute Gasteiger partial charge is 0.334 e. The SMILES string of the molecule is CCC1=C2CC[C@H]3C(=O)N(c4ccccc4)C(=O)[C@H]3[C@H]2[C@@]2(C)C(=O)N(CC3CC3)C(=O)N2C1=O. The molecule has 0 radical (unpaired) electrons. The van der Waals surface area contributed by atoms with Crippen molar-refractivity contribution in [1.29, 1.82) is 0 Å². The molecule has 3 aliphatic heterocycles. The van der Waals surface area contributed by atoms with E-state index >= 15 is 0 Å². The molecule has 0 spiro atoms. The Balaban J connectivity index is 1.49. The maximum absolute atomic E-state index is 13.8. The predicted molar refractivity (Wildman–Crippen MR) is 121 cm³/mol. The molecule has 2 aliphatic carbocycles. The van der Waals surface area contributed by atoms with Crippen LogP contribution in [0.25, 0.3) is 0 Å². The van der Waals surface area contributed by atoms with Gasteiger partial charge in [-0.15, -0.1) is 0 Å². The van der Waals surface area contributed by atoms with Crippen LogP contribution in [0.15, 0.2) is 41.5 Å². The standard InChI is InChI=1S/C26H27N3O5/c1-3-16-17-11-12-18-19(23(32)28(21(18)30)15-7-5-4-6-8-15)20(17)26(2)24(33)27(13-14-9-10-14)25(34)29(26)22(16)31/h4-8,14,18-20H,3,9-13H2,1-2H3/t18-,19-,20+,26+/m1/s1. The van der Waals surface area contributed by atoms with Gasteiger partial charge in [0.25, 0.3) is 11.8 Å². The Labute approximate surface area is 197 Å². The molecule has 8 nitrogen and oxygen atoms in total. The first-order chi connectivity index (χ1) is 16.3. The van der Waals surface area contributed by atoms with Crippen LogP contribution >= 0.6 is 0 Å². The van der Waals surface area contributed by atoms with E-state index in [9.17, 15) is 24.0 Å². The average molecular weight is 462 g/mol. The fourth-order valence-electron chi connectivity index (χ4n) is 6.68. The number of hydrogen-bond donors (Lipinski definition) is 0. The minimum absolute atomic E-state index is 0.267. The normalized spacial score (nSPS) is 33.1. The molecule has 1 aromatic rings. The van der Waals surface area contributed by atoms with Crippen molar-refractivity contribution in [2.75, 3.05) is 11.4 Å².